The number of hydrogen-bond donors (Lipinski definition) is 1. The molecule has 3 heteroatoms. The van der Waals surface area contributed by atoms with E-state index in [9.17, 15) is 0 Å². The fourth-order valence-electron chi connectivity index (χ4n) is 2.51. The Hall–Kier alpha value is -0.730. The summed E-state index contributed by atoms with van der Waals surface area (Å²) in [4.78, 5) is 2.50. The zero-order valence-electron chi connectivity index (χ0n) is 10.8. The number of anilines is 1. The average molecular weight is 253 g/mol. The summed E-state index contributed by atoms with van der Waals surface area (Å²) >= 11 is 6.12. The maximum Gasteiger partial charge on any atom is 0.0438 e. The SMILES string of the molecule is Cc1ccc(Cl)cc1N1CCNCC1C(C)C. The second-order valence-corrected chi connectivity index (χ2v) is 5.58. The number of aryl methyl sites for hydroxylation is 1. The Kier molecular flexibility index (Phi) is 3.95. The number of halogens is 1. The van der Waals surface area contributed by atoms with Gasteiger partial charge in [0, 0.05) is 36.4 Å². The lowest BCUT2D eigenvalue weighted by atomic mass is 9.99. The first kappa shape index (κ1) is 12.7. The lowest BCUT2D eigenvalue weighted by molar-refractivity contribution is 0.390. The Morgan fingerprint density at radius 2 is 2.18 bits per heavy atom. The highest BCUT2D eigenvalue weighted by Gasteiger charge is 2.25. The summed E-state index contributed by atoms with van der Waals surface area (Å²) in [6.07, 6.45) is 0. The van der Waals surface area contributed by atoms with Gasteiger partial charge in [0.15, 0.2) is 0 Å². The molecule has 2 rings (SSSR count). The summed E-state index contributed by atoms with van der Waals surface area (Å²) in [6, 6.07) is 6.72. The molecule has 1 aliphatic rings. The molecule has 1 heterocycles. The Balaban J connectivity index is 2.32. The van der Waals surface area contributed by atoms with Crippen molar-refractivity contribution in [3.63, 3.8) is 0 Å². The zero-order chi connectivity index (χ0) is 12.4. The maximum atomic E-state index is 6.12. The number of benzene rings is 1. The van der Waals surface area contributed by atoms with Gasteiger partial charge in [-0.15, -0.1) is 0 Å². The molecular weight excluding hydrogens is 232 g/mol. The first-order valence-electron chi connectivity index (χ1n) is 6.33. The van der Waals surface area contributed by atoms with Gasteiger partial charge in [-0.05, 0) is 30.5 Å². The van der Waals surface area contributed by atoms with Gasteiger partial charge in [0.2, 0.25) is 0 Å². The fraction of sp³-hybridized carbons (Fsp3) is 0.571. The van der Waals surface area contributed by atoms with Crippen molar-refractivity contribution in [2.75, 3.05) is 24.5 Å². The third kappa shape index (κ3) is 2.75. The minimum atomic E-state index is 0.556. The summed E-state index contributed by atoms with van der Waals surface area (Å²) in [5.41, 5.74) is 2.60. The molecule has 1 aromatic carbocycles. The molecule has 1 fully saturated rings. The van der Waals surface area contributed by atoms with Gasteiger partial charge in [-0.2, -0.15) is 0 Å². The van der Waals surface area contributed by atoms with Crippen LogP contribution >= 0.6 is 11.6 Å². The average Bonchev–Trinajstić information content (AvgIpc) is 2.32. The quantitative estimate of drug-likeness (QED) is 0.870. The van der Waals surface area contributed by atoms with Crippen molar-refractivity contribution in [2.45, 2.75) is 26.8 Å². The molecule has 0 saturated carbocycles. The fourth-order valence-corrected chi connectivity index (χ4v) is 2.68. The summed E-state index contributed by atoms with van der Waals surface area (Å²) in [5.74, 6) is 0.640. The Morgan fingerprint density at radius 3 is 2.88 bits per heavy atom. The Labute approximate surface area is 109 Å². The van der Waals surface area contributed by atoms with Crippen LogP contribution in [0.1, 0.15) is 19.4 Å². The molecule has 0 aromatic heterocycles. The van der Waals surface area contributed by atoms with Crippen molar-refractivity contribution >= 4 is 17.3 Å². The number of nitrogens with one attached hydrogen (secondary N) is 1. The zero-order valence-corrected chi connectivity index (χ0v) is 11.6. The summed E-state index contributed by atoms with van der Waals surface area (Å²) in [6.45, 7) is 9.89. The van der Waals surface area contributed by atoms with Gasteiger partial charge < -0.3 is 10.2 Å². The minimum Gasteiger partial charge on any atom is -0.365 e. The third-order valence-corrected chi connectivity index (χ3v) is 3.77. The van der Waals surface area contributed by atoms with E-state index >= 15 is 0 Å². The van der Waals surface area contributed by atoms with Gasteiger partial charge in [-0.3, -0.25) is 0 Å². The summed E-state index contributed by atoms with van der Waals surface area (Å²) < 4.78 is 0. The molecule has 94 valence electrons. The minimum absolute atomic E-state index is 0.556. The molecule has 1 aromatic rings. The van der Waals surface area contributed by atoms with Crippen LogP contribution in [-0.4, -0.2) is 25.7 Å². The predicted octanol–water partition coefficient (Wildman–Crippen LogP) is 3.08. The van der Waals surface area contributed by atoms with E-state index < -0.39 is 0 Å². The maximum absolute atomic E-state index is 6.12. The Morgan fingerprint density at radius 1 is 1.41 bits per heavy atom. The van der Waals surface area contributed by atoms with Crippen LogP contribution in [0.4, 0.5) is 5.69 Å². The van der Waals surface area contributed by atoms with E-state index in [0.717, 1.165) is 24.7 Å². The number of hydrogen-bond acceptors (Lipinski definition) is 2. The van der Waals surface area contributed by atoms with Gasteiger partial charge >= 0.3 is 0 Å². The van der Waals surface area contributed by atoms with Crippen LogP contribution in [0, 0.1) is 12.8 Å². The molecule has 1 unspecified atom stereocenters. The largest absolute Gasteiger partial charge is 0.365 e. The molecular formula is C14H21ClN2. The summed E-state index contributed by atoms with van der Waals surface area (Å²) in [5, 5.41) is 4.30. The standard InChI is InChI=1S/C14H21ClN2/c1-10(2)14-9-16-6-7-17(14)13-8-12(15)5-4-11(13)3/h4-5,8,10,14,16H,6-7,9H2,1-3H3. The predicted molar refractivity (Wildman–Crippen MR) is 75.0 cm³/mol. The van der Waals surface area contributed by atoms with Crippen molar-refractivity contribution in [1.29, 1.82) is 0 Å². The lowest BCUT2D eigenvalue weighted by Gasteiger charge is -2.41. The molecule has 1 atom stereocenters. The van der Waals surface area contributed by atoms with Crippen LogP contribution in [0.2, 0.25) is 5.02 Å². The number of piperazine rings is 1. The molecule has 1 aliphatic heterocycles. The lowest BCUT2D eigenvalue weighted by Crippen LogP contribution is -2.54. The van der Waals surface area contributed by atoms with Crippen molar-refractivity contribution in [1.82, 2.24) is 5.32 Å². The van der Waals surface area contributed by atoms with E-state index in [1.54, 1.807) is 0 Å². The highest BCUT2D eigenvalue weighted by atomic mass is 35.5. The molecule has 0 spiro atoms. The molecule has 2 nitrogen and oxygen atoms in total. The second-order valence-electron chi connectivity index (χ2n) is 5.14. The van der Waals surface area contributed by atoms with Gasteiger partial charge in [0.05, 0.1) is 0 Å². The van der Waals surface area contributed by atoms with E-state index in [0.29, 0.717) is 12.0 Å². The van der Waals surface area contributed by atoms with Gasteiger partial charge in [0.25, 0.3) is 0 Å². The van der Waals surface area contributed by atoms with Gasteiger partial charge in [-0.25, -0.2) is 0 Å². The molecule has 17 heavy (non-hydrogen) atoms. The highest BCUT2D eigenvalue weighted by Crippen LogP contribution is 2.28. The van der Waals surface area contributed by atoms with E-state index in [1.165, 1.54) is 11.3 Å². The number of nitrogens with zero attached hydrogens (tertiary/aromatic N) is 1. The van der Waals surface area contributed by atoms with Crippen LogP contribution in [-0.2, 0) is 0 Å². The van der Waals surface area contributed by atoms with Crippen LogP contribution in [0.15, 0.2) is 18.2 Å². The Bertz CT molecular complexity index is 390. The van der Waals surface area contributed by atoms with Crippen LogP contribution in [0.3, 0.4) is 0 Å². The van der Waals surface area contributed by atoms with E-state index in [2.05, 4.69) is 43.1 Å². The van der Waals surface area contributed by atoms with E-state index in [1.807, 2.05) is 6.07 Å². The molecule has 1 saturated heterocycles. The van der Waals surface area contributed by atoms with Crippen LogP contribution < -0.4 is 10.2 Å². The van der Waals surface area contributed by atoms with Crippen LogP contribution in [0.25, 0.3) is 0 Å². The molecule has 0 aliphatic carbocycles. The van der Waals surface area contributed by atoms with Crippen molar-refractivity contribution in [2.24, 2.45) is 5.92 Å². The molecule has 0 bridgehead atoms. The first-order valence-corrected chi connectivity index (χ1v) is 6.71. The van der Waals surface area contributed by atoms with E-state index in [-0.39, 0.29) is 0 Å². The topological polar surface area (TPSA) is 15.3 Å². The monoisotopic (exact) mass is 252 g/mol. The third-order valence-electron chi connectivity index (χ3n) is 3.53. The van der Waals surface area contributed by atoms with Gasteiger partial charge in [0.1, 0.15) is 0 Å². The van der Waals surface area contributed by atoms with Crippen molar-refractivity contribution < 1.29 is 0 Å². The normalized spacial score (nSPS) is 21.0. The van der Waals surface area contributed by atoms with E-state index in [4.69, 9.17) is 11.6 Å². The molecule has 0 amide bonds. The van der Waals surface area contributed by atoms with Gasteiger partial charge in [-0.1, -0.05) is 31.5 Å². The first-order chi connectivity index (χ1) is 8.09. The molecule has 1 N–H and O–H groups in total. The van der Waals surface area contributed by atoms with Crippen LogP contribution in [0.5, 0.6) is 0 Å². The second kappa shape index (κ2) is 5.28. The smallest absolute Gasteiger partial charge is 0.0438 e. The van der Waals surface area contributed by atoms with Crippen molar-refractivity contribution in [3.8, 4) is 0 Å². The summed E-state index contributed by atoms with van der Waals surface area (Å²) in [7, 11) is 0. The highest BCUT2D eigenvalue weighted by molar-refractivity contribution is 6.30. The molecule has 0 radical (unpaired) electrons. The number of rotatable bonds is 2. The van der Waals surface area contributed by atoms with Crippen molar-refractivity contribution in [3.05, 3.63) is 28.8 Å².